The number of ether oxygens (including phenoxy) is 3. The number of nitrogens with zero attached hydrogens (tertiary/aromatic N) is 2. The first-order chi connectivity index (χ1) is 10.8. The van der Waals surface area contributed by atoms with Gasteiger partial charge in [-0.15, -0.1) is 0 Å². The Kier molecular flexibility index (Phi) is 5.02. The zero-order valence-electron chi connectivity index (χ0n) is 12.8. The number of rotatable bonds is 5. The molecule has 3 heterocycles. The van der Waals surface area contributed by atoms with Crippen LogP contribution in [0.25, 0.3) is 0 Å². The quantitative estimate of drug-likeness (QED) is 0.812. The monoisotopic (exact) mass is 306 g/mol. The van der Waals surface area contributed by atoms with Crippen LogP contribution in [0.2, 0.25) is 0 Å². The van der Waals surface area contributed by atoms with Crippen molar-refractivity contribution in [3.8, 4) is 0 Å². The molecule has 6 heteroatoms. The van der Waals surface area contributed by atoms with Crippen LogP contribution in [0, 0.1) is 0 Å². The van der Waals surface area contributed by atoms with E-state index in [9.17, 15) is 4.79 Å². The Morgan fingerprint density at radius 2 is 2.41 bits per heavy atom. The van der Waals surface area contributed by atoms with E-state index >= 15 is 0 Å². The van der Waals surface area contributed by atoms with Crippen molar-refractivity contribution in [2.24, 2.45) is 0 Å². The summed E-state index contributed by atoms with van der Waals surface area (Å²) in [5, 5.41) is 0. The molecule has 0 spiro atoms. The summed E-state index contributed by atoms with van der Waals surface area (Å²) >= 11 is 0. The summed E-state index contributed by atoms with van der Waals surface area (Å²) in [5.41, 5.74) is 0.886. The zero-order valence-corrected chi connectivity index (χ0v) is 12.8. The topological polar surface area (TPSA) is 60.9 Å². The third-order valence-electron chi connectivity index (χ3n) is 4.24. The Bertz CT molecular complexity index is 496. The van der Waals surface area contributed by atoms with E-state index in [1.54, 1.807) is 6.20 Å². The van der Waals surface area contributed by atoms with Gasteiger partial charge in [0.2, 0.25) is 5.91 Å². The molecule has 2 fully saturated rings. The van der Waals surface area contributed by atoms with Crippen molar-refractivity contribution in [1.29, 1.82) is 0 Å². The second kappa shape index (κ2) is 7.17. The predicted molar refractivity (Wildman–Crippen MR) is 79.2 cm³/mol. The predicted octanol–water partition coefficient (Wildman–Crippen LogP) is 1.00. The van der Waals surface area contributed by atoms with E-state index in [2.05, 4.69) is 4.98 Å². The molecule has 0 saturated carbocycles. The van der Waals surface area contributed by atoms with Gasteiger partial charge in [0.25, 0.3) is 0 Å². The fourth-order valence-electron chi connectivity index (χ4n) is 3.23. The summed E-state index contributed by atoms with van der Waals surface area (Å²) in [5.74, 6) is 0.00642. The molecule has 6 nitrogen and oxygen atoms in total. The van der Waals surface area contributed by atoms with Crippen LogP contribution in [-0.4, -0.2) is 60.9 Å². The van der Waals surface area contributed by atoms with E-state index in [1.807, 2.05) is 23.1 Å². The third-order valence-corrected chi connectivity index (χ3v) is 4.24. The van der Waals surface area contributed by atoms with Gasteiger partial charge in [-0.25, -0.2) is 0 Å². The summed E-state index contributed by atoms with van der Waals surface area (Å²) in [6.07, 6.45) is 3.54. The first kappa shape index (κ1) is 15.4. The van der Waals surface area contributed by atoms with E-state index in [0.29, 0.717) is 13.2 Å². The number of hydrogen-bond acceptors (Lipinski definition) is 5. The zero-order chi connectivity index (χ0) is 15.4. The molecular formula is C16H22N2O4. The van der Waals surface area contributed by atoms with Gasteiger partial charge in [0, 0.05) is 26.5 Å². The first-order valence-corrected chi connectivity index (χ1v) is 7.71. The van der Waals surface area contributed by atoms with E-state index in [0.717, 1.165) is 25.1 Å². The summed E-state index contributed by atoms with van der Waals surface area (Å²) < 4.78 is 16.9. The third kappa shape index (κ3) is 3.29. The molecule has 0 aromatic carbocycles. The maximum Gasteiger partial charge on any atom is 0.248 e. The Morgan fingerprint density at radius 3 is 3.18 bits per heavy atom. The average molecular weight is 306 g/mol. The molecule has 0 bridgehead atoms. The van der Waals surface area contributed by atoms with Crippen LogP contribution in [0.15, 0.2) is 24.4 Å². The molecule has 2 aliphatic rings. The van der Waals surface area contributed by atoms with Crippen molar-refractivity contribution in [2.75, 3.05) is 26.9 Å². The van der Waals surface area contributed by atoms with Crippen molar-refractivity contribution in [3.05, 3.63) is 30.1 Å². The maximum atomic E-state index is 12.2. The minimum Gasteiger partial charge on any atom is -0.375 e. The van der Waals surface area contributed by atoms with Crippen molar-refractivity contribution in [3.63, 3.8) is 0 Å². The molecule has 22 heavy (non-hydrogen) atoms. The summed E-state index contributed by atoms with van der Waals surface area (Å²) in [6.45, 7) is 1.84. The minimum atomic E-state index is -0.104. The molecule has 0 radical (unpaired) electrons. The number of likely N-dealkylation sites (tertiary alicyclic amines) is 1. The molecule has 1 aromatic rings. The number of carbonyl (C=O) groups excluding carboxylic acids is 1. The summed E-state index contributed by atoms with van der Waals surface area (Å²) in [4.78, 5) is 18.3. The van der Waals surface area contributed by atoms with Crippen LogP contribution in [-0.2, 0) is 25.6 Å². The van der Waals surface area contributed by atoms with E-state index < -0.39 is 0 Å². The molecule has 0 aliphatic carbocycles. The van der Waals surface area contributed by atoms with Crippen LogP contribution >= 0.6 is 0 Å². The molecule has 1 aromatic heterocycles. The number of fused-ring (bicyclic) bond motifs is 1. The Hall–Kier alpha value is -1.50. The number of carbonyl (C=O) groups is 1. The van der Waals surface area contributed by atoms with Gasteiger partial charge in [0.05, 0.1) is 18.3 Å². The van der Waals surface area contributed by atoms with Crippen molar-refractivity contribution < 1.29 is 19.0 Å². The van der Waals surface area contributed by atoms with Crippen LogP contribution in [0.3, 0.4) is 0 Å². The highest BCUT2D eigenvalue weighted by Gasteiger charge is 2.46. The van der Waals surface area contributed by atoms with Crippen LogP contribution in [0.1, 0.15) is 18.5 Å². The van der Waals surface area contributed by atoms with E-state index in [-0.39, 0.29) is 30.8 Å². The molecule has 3 rings (SSSR count). The highest BCUT2D eigenvalue weighted by Crippen LogP contribution is 2.31. The van der Waals surface area contributed by atoms with Gasteiger partial charge in [-0.2, -0.15) is 0 Å². The standard InChI is InChI=1S/C16H22N2O4/c1-20-11-15(19)18-9-14(16-13(18)6-4-8-21-16)22-10-12-5-2-3-7-17-12/h2-3,5,7,13-14,16H,4,6,8-11H2,1H3/t13-,14+,16+/m0/s1. The Balaban J connectivity index is 1.64. The van der Waals surface area contributed by atoms with E-state index in [4.69, 9.17) is 14.2 Å². The largest absolute Gasteiger partial charge is 0.375 e. The van der Waals surface area contributed by atoms with Crippen LogP contribution < -0.4 is 0 Å². The number of aromatic nitrogens is 1. The second-order valence-corrected chi connectivity index (χ2v) is 5.69. The van der Waals surface area contributed by atoms with E-state index in [1.165, 1.54) is 7.11 Å². The number of hydrogen-bond donors (Lipinski definition) is 0. The minimum absolute atomic E-state index is 0.00642. The van der Waals surface area contributed by atoms with Crippen molar-refractivity contribution in [2.45, 2.75) is 37.7 Å². The van der Waals surface area contributed by atoms with Crippen LogP contribution in [0.4, 0.5) is 0 Å². The van der Waals surface area contributed by atoms with Gasteiger partial charge in [0.15, 0.2) is 0 Å². The fourth-order valence-corrected chi connectivity index (χ4v) is 3.23. The summed E-state index contributed by atoms with van der Waals surface area (Å²) in [7, 11) is 1.54. The first-order valence-electron chi connectivity index (χ1n) is 7.71. The molecule has 2 aliphatic heterocycles. The fraction of sp³-hybridized carbons (Fsp3) is 0.625. The highest BCUT2D eigenvalue weighted by molar-refractivity contribution is 5.78. The number of methoxy groups -OCH3 is 1. The van der Waals surface area contributed by atoms with Gasteiger partial charge in [-0.05, 0) is 25.0 Å². The molecule has 3 atom stereocenters. The smallest absolute Gasteiger partial charge is 0.248 e. The van der Waals surface area contributed by atoms with Gasteiger partial charge >= 0.3 is 0 Å². The van der Waals surface area contributed by atoms with Gasteiger partial charge in [-0.1, -0.05) is 6.07 Å². The number of pyridine rings is 1. The molecule has 0 N–H and O–H groups in total. The Morgan fingerprint density at radius 1 is 1.50 bits per heavy atom. The van der Waals surface area contributed by atoms with Crippen LogP contribution in [0.5, 0.6) is 0 Å². The maximum absolute atomic E-state index is 12.2. The second-order valence-electron chi connectivity index (χ2n) is 5.69. The van der Waals surface area contributed by atoms with Crippen molar-refractivity contribution >= 4 is 5.91 Å². The normalized spacial score (nSPS) is 27.7. The molecule has 2 saturated heterocycles. The van der Waals surface area contributed by atoms with Gasteiger partial charge in [-0.3, -0.25) is 9.78 Å². The lowest BCUT2D eigenvalue weighted by Gasteiger charge is -2.32. The molecular weight excluding hydrogens is 284 g/mol. The molecule has 0 unspecified atom stereocenters. The lowest BCUT2D eigenvalue weighted by molar-refractivity contribution is -0.138. The van der Waals surface area contributed by atoms with Gasteiger partial charge in [0.1, 0.15) is 18.8 Å². The Labute approximate surface area is 130 Å². The SMILES string of the molecule is COCC(=O)N1C[C@@H](OCc2ccccn2)[C@@H]2OCCC[C@@H]21. The molecule has 120 valence electrons. The lowest BCUT2D eigenvalue weighted by Crippen LogP contribution is -2.44. The van der Waals surface area contributed by atoms with Crippen molar-refractivity contribution in [1.82, 2.24) is 9.88 Å². The highest BCUT2D eigenvalue weighted by atomic mass is 16.5. The number of amides is 1. The average Bonchev–Trinajstić information content (AvgIpc) is 2.93. The lowest BCUT2D eigenvalue weighted by atomic mass is 10.0. The summed E-state index contributed by atoms with van der Waals surface area (Å²) in [6, 6.07) is 5.85. The van der Waals surface area contributed by atoms with Gasteiger partial charge < -0.3 is 19.1 Å². The molecule has 1 amide bonds.